The Morgan fingerprint density at radius 3 is 1.21 bits per heavy atom. The van der Waals surface area contributed by atoms with Crippen LogP contribution in [0.3, 0.4) is 0 Å². The van der Waals surface area contributed by atoms with E-state index >= 15 is 0 Å². The summed E-state index contributed by atoms with van der Waals surface area (Å²) in [4.78, 5) is 50.5. The molecule has 0 unspecified atom stereocenters. The van der Waals surface area contributed by atoms with Gasteiger partial charge in [-0.3, -0.25) is 0 Å². The van der Waals surface area contributed by atoms with Gasteiger partial charge in [0.15, 0.2) is 0 Å². The van der Waals surface area contributed by atoms with Gasteiger partial charge in [0.05, 0.1) is 35.5 Å². The van der Waals surface area contributed by atoms with Gasteiger partial charge in [-0.25, -0.2) is 19.2 Å². The molecule has 0 saturated carbocycles. The molecule has 1 atom stereocenters. The van der Waals surface area contributed by atoms with Gasteiger partial charge in [-0.05, 0) is 117 Å². The lowest BCUT2D eigenvalue weighted by Crippen LogP contribution is -2.22. The molecule has 0 radical (unpaired) electrons. The molecule has 53 heavy (non-hydrogen) atoms. The largest absolute Gasteiger partial charge is 0.494 e. The number of carbonyl (C=O) groups is 4. The van der Waals surface area contributed by atoms with Crippen LogP contribution in [-0.4, -0.2) is 49.8 Å². The summed E-state index contributed by atoms with van der Waals surface area (Å²) in [5.74, 6) is -0.440. The second-order valence-corrected chi connectivity index (χ2v) is 12.5. The van der Waals surface area contributed by atoms with Gasteiger partial charge in [0.25, 0.3) is 0 Å². The predicted octanol–water partition coefficient (Wildman–Crippen LogP) is 9.45. The molecule has 0 aliphatic heterocycles. The quantitative estimate of drug-likeness (QED) is 0.0466. The van der Waals surface area contributed by atoms with Crippen LogP contribution in [0.5, 0.6) is 23.0 Å². The molecule has 10 heteroatoms. The molecule has 4 aromatic carbocycles. The Labute approximate surface area is 311 Å². The summed E-state index contributed by atoms with van der Waals surface area (Å²) < 4.78 is 33.1. The molecule has 4 rings (SSSR count). The highest BCUT2D eigenvalue weighted by Crippen LogP contribution is 2.20. The summed E-state index contributed by atoms with van der Waals surface area (Å²) in [6, 6.07) is 25.4. The van der Waals surface area contributed by atoms with Crippen LogP contribution in [0.25, 0.3) is 0 Å². The van der Waals surface area contributed by atoms with E-state index in [-0.39, 0.29) is 29.2 Å². The fourth-order valence-corrected chi connectivity index (χ4v) is 5.02. The summed E-state index contributed by atoms with van der Waals surface area (Å²) in [6.07, 6.45) is 8.16. The second kappa shape index (κ2) is 21.7. The predicted molar refractivity (Wildman–Crippen MR) is 200 cm³/mol. The first-order valence-corrected chi connectivity index (χ1v) is 18.2. The Kier molecular flexibility index (Phi) is 16.4. The van der Waals surface area contributed by atoms with Crippen molar-refractivity contribution >= 4 is 23.9 Å². The number of hydrogen-bond donors (Lipinski definition) is 0. The van der Waals surface area contributed by atoms with Gasteiger partial charge >= 0.3 is 23.9 Å². The lowest BCUT2D eigenvalue weighted by atomic mass is 10.2. The minimum atomic E-state index is -0.745. The zero-order valence-electron chi connectivity index (χ0n) is 30.7. The number of ether oxygens (including phenoxy) is 6. The number of rotatable bonds is 21. The van der Waals surface area contributed by atoms with Crippen molar-refractivity contribution < 1.29 is 47.6 Å². The third-order valence-corrected chi connectivity index (χ3v) is 8.07. The average molecular weight is 725 g/mol. The van der Waals surface area contributed by atoms with E-state index in [1.165, 1.54) is 61.4 Å². The number of hydrogen-bond acceptors (Lipinski definition) is 10. The van der Waals surface area contributed by atoms with Crippen molar-refractivity contribution in [1.29, 1.82) is 0 Å². The highest BCUT2D eigenvalue weighted by Gasteiger charge is 2.17. The maximum absolute atomic E-state index is 12.7. The van der Waals surface area contributed by atoms with Crippen LogP contribution in [0.1, 0.15) is 114 Å². The molecule has 0 saturated heterocycles. The Bertz CT molecular complexity index is 1730. The Morgan fingerprint density at radius 1 is 0.453 bits per heavy atom. The fourth-order valence-electron chi connectivity index (χ4n) is 5.02. The Balaban J connectivity index is 1.16. The third-order valence-electron chi connectivity index (χ3n) is 8.07. The van der Waals surface area contributed by atoms with Gasteiger partial charge in [0.1, 0.15) is 35.7 Å². The first kappa shape index (κ1) is 40.1. The first-order valence-electron chi connectivity index (χ1n) is 18.2. The fraction of sp³-hybridized carbons (Fsp3) is 0.349. The molecule has 0 aromatic heterocycles. The molecule has 280 valence electrons. The highest BCUT2D eigenvalue weighted by atomic mass is 16.6. The lowest BCUT2D eigenvalue weighted by molar-refractivity contribution is 0.00447. The summed E-state index contributed by atoms with van der Waals surface area (Å²) in [5.41, 5.74) is 1.20. The zero-order valence-corrected chi connectivity index (χ0v) is 30.7. The van der Waals surface area contributed by atoms with E-state index in [1.54, 1.807) is 55.5 Å². The monoisotopic (exact) mass is 724 g/mol. The van der Waals surface area contributed by atoms with Crippen molar-refractivity contribution in [3.63, 3.8) is 0 Å². The van der Waals surface area contributed by atoms with Crippen LogP contribution in [0.4, 0.5) is 0 Å². The highest BCUT2D eigenvalue weighted by molar-refractivity contribution is 5.93. The SMILES string of the molecule is CCCCCCOc1ccc(C(=O)Oc2ccc(C(=O)OC[C@H](C)OC(=O)c3ccc(OC(=O)c4ccc(OCCCCCC)cc4)cc3)cc2)cc1. The summed E-state index contributed by atoms with van der Waals surface area (Å²) in [5, 5.41) is 0. The van der Waals surface area contributed by atoms with Crippen LogP contribution in [0.2, 0.25) is 0 Å². The molecule has 0 amide bonds. The average Bonchev–Trinajstić information content (AvgIpc) is 3.17. The molecule has 0 aliphatic rings. The Morgan fingerprint density at radius 2 is 0.811 bits per heavy atom. The minimum absolute atomic E-state index is 0.182. The van der Waals surface area contributed by atoms with Crippen LogP contribution >= 0.6 is 0 Å². The summed E-state index contributed by atoms with van der Waals surface area (Å²) in [6.45, 7) is 6.99. The van der Waals surface area contributed by atoms with E-state index < -0.39 is 30.0 Å². The van der Waals surface area contributed by atoms with E-state index in [9.17, 15) is 19.2 Å². The normalized spacial score (nSPS) is 11.2. The van der Waals surface area contributed by atoms with Gasteiger partial charge in [-0.2, -0.15) is 0 Å². The van der Waals surface area contributed by atoms with E-state index in [4.69, 9.17) is 28.4 Å². The van der Waals surface area contributed by atoms with E-state index in [2.05, 4.69) is 13.8 Å². The lowest BCUT2D eigenvalue weighted by Gasteiger charge is -2.14. The standard InChI is InChI=1S/C43H48O10/c1-4-6-8-10-28-48-36-20-12-34(13-21-36)42(46)52-38-24-16-32(17-25-38)40(44)50-30-31(3)51-41(45)33-18-26-39(27-19-33)53-43(47)35-14-22-37(23-15-35)49-29-11-9-7-5-2/h12-27,31H,4-11,28-30H2,1-3H3/t31-/m0/s1. The van der Waals surface area contributed by atoms with Crippen molar-refractivity contribution in [1.82, 2.24) is 0 Å². The summed E-state index contributed by atoms with van der Waals surface area (Å²) in [7, 11) is 0. The number of carbonyl (C=O) groups excluding carboxylic acids is 4. The molecular weight excluding hydrogens is 676 g/mol. The summed E-state index contributed by atoms with van der Waals surface area (Å²) >= 11 is 0. The molecule has 0 spiro atoms. The topological polar surface area (TPSA) is 124 Å². The smallest absolute Gasteiger partial charge is 0.343 e. The molecule has 10 nitrogen and oxygen atoms in total. The van der Waals surface area contributed by atoms with E-state index in [0.29, 0.717) is 35.8 Å². The third kappa shape index (κ3) is 13.8. The second-order valence-electron chi connectivity index (χ2n) is 12.5. The van der Waals surface area contributed by atoms with Crippen molar-refractivity contribution in [2.45, 2.75) is 78.2 Å². The van der Waals surface area contributed by atoms with E-state index in [1.807, 2.05) is 0 Å². The van der Waals surface area contributed by atoms with Crippen molar-refractivity contribution in [3.8, 4) is 23.0 Å². The molecule has 0 heterocycles. The van der Waals surface area contributed by atoms with Crippen LogP contribution in [0, 0.1) is 0 Å². The maximum atomic E-state index is 12.7. The van der Waals surface area contributed by atoms with Gasteiger partial charge in [0.2, 0.25) is 0 Å². The van der Waals surface area contributed by atoms with Crippen LogP contribution in [-0.2, 0) is 9.47 Å². The maximum Gasteiger partial charge on any atom is 0.343 e. The van der Waals surface area contributed by atoms with Crippen molar-refractivity contribution in [2.24, 2.45) is 0 Å². The van der Waals surface area contributed by atoms with Gasteiger partial charge < -0.3 is 28.4 Å². The van der Waals surface area contributed by atoms with Crippen LogP contribution < -0.4 is 18.9 Å². The minimum Gasteiger partial charge on any atom is -0.494 e. The first-order chi connectivity index (χ1) is 25.7. The van der Waals surface area contributed by atoms with E-state index in [0.717, 1.165) is 38.5 Å². The molecule has 4 aromatic rings. The van der Waals surface area contributed by atoms with Gasteiger partial charge in [-0.15, -0.1) is 0 Å². The van der Waals surface area contributed by atoms with Gasteiger partial charge in [0, 0.05) is 0 Å². The van der Waals surface area contributed by atoms with Crippen molar-refractivity contribution in [3.05, 3.63) is 119 Å². The van der Waals surface area contributed by atoms with Gasteiger partial charge in [-0.1, -0.05) is 52.4 Å². The van der Waals surface area contributed by atoms with Crippen LogP contribution in [0.15, 0.2) is 97.1 Å². The number of unbranched alkanes of at least 4 members (excludes halogenated alkanes) is 6. The molecular formula is C43H48O10. The molecule has 0 aliphatic carbocycles. The number of benzene rings is 4. The molecule has 0 fully saturated rings. The molecule has 0 bridgehead atoms. The van der Waals surface area contributed by atoms with Crippen molar-refractivity contribution in [2.75, 3.05) is 19.8 Å². The molecule has 0 N–H and O–H groups in total. The Hall–Kier alpha value is -5.64. The number of esters is 4. The zero-order chi connectivity index (χ0) is 37.8.